The number of carbonyl (C=O) groups is 2. The second kappa shape index (κ2) is 5.72. The van der Waals surface area contributed by atoms with E-state index in [1.807, 2.05) is 25.1 Å². The Hall–Kier alpha value is -2.10. The molecule has 1 aromatic rings. The van der Waals surface area contributed by atoms with Crippen molar-refractivity contribution in [1.29, 1.82) is 0 Å². The summed E-state index contributed by atoms with van der Waals surface area (Å²) >= 11 is 0. The van der Waals surface area contributed by atoms with Gasteiger partial charge in [-0.15, -0.1) is 0 Å². The van der Waals surface area contributed by atoms with Crippen LogP contribution in [0, 0.1) is 0 Å². The highest BCUT2D eigenvalue weighted by Crippen LogP contribution is 2.31. The van der Waals surface area contributed by atoms with Gasteiger partial charge in [0, 0.05) is 30.4 Å². The fourth-order valence-corrected chi connectivity index (χ4v) is 3.25. The molecule has 2 aliphatic heterocycles. The van der Waals surface area contributed by atoms with Gasteiger partial charge in [-0.25, -0.2) is 0 Å². The van der Waals surface area contributed by atoms with Crippen LogP contribution in [0.15, 0.2) is 42.0 Å². The first-order chi connectivity index (χ1) is 10.2. The van der Waals surface area contributed by atoms with Gasteiger partial charge < -0.3 is 4.90 Å². The lowest BCUT2D eigenvalue weighted by Gasteiger charge is -2.38. The summed E-state index contributed by atoms with van der Waals surface area (Å²) in [5, 5.41) is 0. The Kier molecular flexibility index (Phi) is 3.78. The fourth-order valence-electron chi connectivity index (χ4n) is 3.25. The zero-order valence-corrected chi connectivity index (χ0v) is 12.3. The monoisotopic (exact) mass is 284 g/mol. The maximum absolute atomic E-state index is 12.4. The lowest BCUT2D eigenvalue weighted by Crippen LogP contribution is -2.43. The Morgan fingerprint density at radius 2 is 1.90 bits per heavy atom. The summed E-state index contributed by atoms with van der Waals surface area (Å²) in [6.07, 6.45) is 4.69. The number of carbonyl (C=O) groups excluding carboxylic acids is 2. The third kappa shape index (κ3) is 2.46. The predicted molar refractivity (Wildman–Crippen MR) is 81.9 cm³/mol. The summed E-state index contributed by atoms with van der Waals surface area (Å²) < 4.78 is 0. The van der Waals surface area contributed by atoms with Crippen molar-refractivity contribution in [3.05, 3.63) is 42.0 Å². The Morgan fingerprint density at radius 1 is 1.14 bits per heavy atom. The number of imide groups is 1. The molecule has 1 aromatic carbocycles. The van der Waals surface area contributed by atoms with Gasteiger partial charge in [0.2, 0.25) is 0 Å². The van der Waals surface area contributed by atoms with E-state index in [9.17, 15) is 9.59 Å². The van der Waals surface area contributed by atoms with Crippen LogP contribution in [-0.4, -0.2) is 35.8 Å². The smallest absolute Gasteiger partial charge is 0.258 e. The fraction of sp³-hybridized carbons (Fsp3) is 0.412. The van der Waals surface area contributed by atoms with Crippen molar-refractivity contribution in [2.75, 3.05) is 18.0 Å². The molecule has 4 nitrogen and oxygen atoms in total. The molecule has 0 saturated carbocycles. The third-order valence-electron chi connectivity index (χ3n) is 4.30. The number of nitrogens with zero attached hydrogens (tertiary/aromatic N) is 2. The number of benzene rings is 1. The van der Waals surface area contributed by atoms with Crippen LogP contribution in [0.1, 0.15) is 26.2 Å². The van der Waals surface area contributed by atoms with E-state index in [-0.39, 0.29) is 17.9 Å². The van der Waals surface area contributed by atoms with Crippen LogP contribution in [0.3, 0.4) is 0 Å². The van der Waals surface area contributed by atoms with Crippen LogP contribution in [0.2, 0.25) is 0 Å². The van der Waals surface area contributed by atoms with E-state index < -0.39 is 0 Å². The summed E-state index contributed by atoms with van der Waals surface area (Å²) in [5.74, 6) is -0.286. The molecule has 1 atom stereocenters. The van der Waals surface area contributed by atoms with Gasteiger partial charge in [0.05, 0.1) is 6.04 Å². The maximum atomic E-state index is 12.4. The molecule has 0 bridgehead atoms. The minimum absolute atomic E-state index is 0.0224. The lowest BCUT2D eigenvalue weighted by atomic mass is 9.94. The Labute approximate surface area is 125 Å². The first kappa shape index (κ1) is 13.9. The number of hydrogen-bond donors (Lipinski definition) is 0. The summed E-state index contributed by atoms with van der Waals surface area (Å²) in [6.45, 7) is 3.21. The largest absolute Gasteiger partial charge is 0.364 e. The molecular weight excluding hydrogens is 264 g/mol. The third-order valence-corrected chi connectivity index (χ3v) is 4.30. The molecule has 1 unspecified atom stereocenters. The number of rotatable bonds is 3. The van der Waals surface area contributed by atoms with Crippen LogP contribution in [0.4, 0.5) is 5.69 Å². The minimum atomic E-state index is -0.170. The number of para-hydroxylation sites is 1. The number of anilines is 1. The first-order valence-corrected chi connectivity index (χ1v) is 7.61. The van der Waals surface area contributed by atoms with Crippen LogP contribution < -0.4 is 4.90 Å². The van der Waals surface area contributed by atoms with Crippen molar-refractivity contribution >= 4 is 17.5 Å². The zero-order chi connectivity index (χ0) is 14.8. The topological polar surface area (TPSA) is 40.6 Å². The first-order valence-electron chi connectivity index (χ1n) is 7.61. The van der Waals surface area contributed by atoms with Crippen LogP contribution in [-0.2, 0) is 9.59 Å². The van der Waals surface area contributed by atoms with Gasteiger partial charge in [-0.2, -0.15) is 0 Å². The van der Waals surface area contributed by atoms with E-state index in [1.165, 1.54) is 11.0 Å². The average Bonchev–Trinajstić information content (AvgIpc) is 2.82. The van der Waals surface area contributed by atoms with E-state index in [2.05, 4.69) is 17.0 Å². The lowest BCUT2D eigenvalue weighted by molar-refractivity contribution is -0.137. The summed E-state index contributed by atoms with van der Waals surface area (Å²) in [4.78, 5) is 27.9. The van der Waals surface area contributed by atoms with E-state index >= 15 is 0 Å². The standard InChI is InChI=1S/C17H20N2O2/c1-2-18-16(20)12-14(17(18)21)15-10-6-7-11-19(15)13-8-4-3-5-9-13/h3-5,8-9,12,15H,2,6-7,10-11H2,1H3. The van der Waals surface area contributed by atoms with E-state index in [0.29, 0.717) is 12.1 Å². The molecule has 0 spiro atoms. The Balaban J connectivity index is 1.91. The van der Waals surface area contributed by atoms with E-state index in [4.69, 9.17) is 0 Å². The van der Waals surface area contributed by atoms with Crippen LogP contribution in [0.25, 0.3) is 0 Å². The van der Waals surface area contributed by atoms with Crippen LogP contribution >= 0.6 is 0 Å². The van der Waals surface area contributed by atoms with Gasteiger partial charge in [-0.3, -0.25) is 14.5 Å². The molecule has 1 saturated heterocycles. The Bertz CT molecular complexity index is 580. The molecule has 2 amide bonds. The predicted octanol–water partition coefficient (Wildman–Crippen LogP) is 2.36. The van der Waals surface area contributed by atoms with Crippen molar-refractivity contribution in [2.45, 2.75) is 32.2 Å². The van der Waals surface area contributed by atoms with Gasteiger partial charge in [0.15, 0.2) is 0 Å². The van der Waals surface area contributed by atoms with Gasteiger partial charge >= 0.3 is 0 Å². The quantitative estimate of drug-likeness (QED) is 0.800. The van der Waals surface area contributed by atoms with Gasteiger partial charge in [0.25, 0.3) is 11.8 Å². The van der Waals surface area contributed by atoms with E-state index in [1.54, 1.807) is 0 Å². The van der Waals surface area contributed by atoms with Crippen molar-refractivity contribution in [2.24, 2.45) is 0 Å². The van der Waals surface area contributed by atoms with Crippen LogP contribution in [0.5, 0.6) is 0 Å². The maximum Gasteiger partial charge on any atom is 0.258 e. The van der Waals surface area contributed by atoms with Gasteiger partial charge in [-0.1, -0.05) is 18.2 Å². The summed E-state index contributed by atoms with van der Waals surface area (Å²) in [6, 6.07) is 10.2. The van der Waals surface area contributed by atoms with Crippen molar-refractivity contribution in [3.8, 4) is 0 Å². The summed E-state index contributed by atoms with van der Waals surface area (Å²) in [5.41, 5.74) is 1.78. The summed E-state index contributed by atoms with van der Waals surface area (Å²) in [7, 11) is 0. The second-order valence-corrected chi connectivity index (χ2v) is 5.53. The zero-order valence-electron chi connectivity index (χ0n) is 12.3. The molecule has 1 fully saturated rings. The highest BCUT2D eigenvalue weighted by Gasteiger charge is 2.37. The van der Waals surface area contributed by atoms with Gasteiger partial charge in [-0.05, 0) is 38.3 Å². The molecule has 110 valence electrons. The molecule has 2 heterocycles. The number of likely N-dealkylation sites (N-methyl/N-ethyl adjacent to an activating group) is 1. The number of amides is 2. The molecule has 0 aromatic heterocycles. The highest BCUT2D eigenvalue weighted by atomic mass is 16.2. The van der Waals surface area contributed by atoms with Crippen molar-refractivity contribution in [1.82, 2.24) is 4.90 Å². The SMILES string of the molecule is CCN1C(=O)C=C(C2CCCCN2c2ccccc2)C1=O. The molecule has 3 rings (SSSR count). The Morgan fingerprint density at radius 3 is 2.57 bits per heavy atom. The van der Waals surface area contributed by atoms with Gasteiger partial charge in [0.1, 0.15) is 0 Å². The van der Waals surface area contributed by atoms with Crippen molar-refractivity contribution in [3.63, 3.8) is 0 Å². The number of hydrogen-bond acceptors (Lipinski definition) is 3. The van der Waals surface area contributed by atoms with Crippen molar-refractivity contribution < 1.29 is 9.59 Å². The molecule has 0 aliphatic carbocycles. The number of piperidine rings is 1. The highest BCUT2D eigenvalue weighted by molar-refractivity contribution is 6.17. The second-order valence-electron chi connectivity index (χ2n) is 5.53. The molecular formula is C17H20N2O2. The molecule has 0 radical (unpaired) electrons. The molecule has 0 N–H and O–H groups in total. The minimum Gasteiger partial charge on any atom is -0.364 e. The molecule has 4 heteroatoms. The van der Waals surface area contributed by atoms with E-state index in [0.717, 1.165) is 31.5 Å². The average molecular weight is 284 g/mol. The normalized spacial score (nSPS) is 22.7. The molecule has 21 heavy (non-hydrogen) atoms. The molecule has 2 aliphatic rings.